The number of benzene rings is 1. The van der Waals surface area contributed by atoms with Crippen LogP contribution in [0.15, 0.2) is 24.3 Å². The van der Waals surface area contributed by atoms with Gasteiger partial charge in [0.2, 0.25) is 0 Å². The van der Waals surface area contributed by atoms with E-state index in [1.165, 1.54) is 0 Å². The van der Waals surface area contributed by atoms with Gasteiger partial charge in [0.25, 0.3) is 5.88 Å². The van der Waals surface area contributed by atoms with Gasteiger partial charge in [-0.25, -0.2) is 0 Å². The molecule has 1 aromatic carbocycles. The fourth-order valence-electron chi connectivity index (χ4n) is 2.54. The molecule has 2 heterocycles. The summed E-state index contributed by atoms with van der Waals surface area (Å²) in [5, 5.41) is 13.8. The highest BCUT2D eigenvalue weighted by atomic mass is 16.5. The zero-order valence-corrected chi connectivity index (χ0v) is 13.1. The standard InChI is InChI=1S/C16H18N4O2/c1-10-14-11(2)20(19-15(14)16(22-4)18-17-10)9-12-5-7-13(21-3)8-6-12/h5-8H,9H2,1-4H3. The van der Waals surface area contributed by atoms with E-state index < -0.39 is 0 Å². The molecule has 0 aliphatic rings. The zero-order valence-electron chi connectivity index (χ0n) is 13.1. The average molecular weight is 298 g/mol. The zero-order chi connectivity index (χ0) is 15.7. The van der Waals surface area contributed by atoms with Gasteiger partial charge >= 0.3 is 0 Å². The molecule has 0 spiro atoms. The number of ether oxygens (including phenoxy) is 2. The van der Waals surface area contributed by atoms with Crippen molar-refractivity contribution in [2.45, 2.75) is 20.4 Å². The predicted octanol–water partition coefficient (Wildman–Crippen LogP) is 2.51. The van der Waals surface area contributed by atoms with Crippen LogP contribution in [0.3, 0.4) is 0 Å². The number of fused-ring (bicyclic) bond motifs is 1. The van der Waals surface area contributed by atoms with Gasteiger partial charge < -0.3 is 9.47 Å². The molecule has 0 saturated heterocycles. The summed E-state index contributed by atoms with van der Waals surface area (Å²) in [6, 6.07) is 7.96. The van der Waals surface area contributed by atoms with E-state index in [1.807, 2.05) is 42.8 Å². The third-order valence-corrected chi connectivity index (χ3v) is 3.75. The number of hydrogen-bond donors (Lipinski definition) is 0. The number of nitrogens with zero attached hydrogens (tertiary/aromatic N) is 4. The van der Waals surface area contributed by atoms with Crippen molar-refractivity contribution in [1.29, 1.82) is 0 Å². The second-order valence-corrected chi connectivity index (χ2v) is 5.11. The molecular weight excluding hydrogens is 280 g/mol. The molecule has 22 heavy (non-hydrogen) atoms. The number of rotatable bonds is 4. The minimum atomic E-state index is 0.456. The van der Waals surface area contributed by atoms with Crippen LogP contribution < -0.4 is 9.47 Å². The second kappa shape index (κ2) is 5.63. The molecule has 6 heteroatoms. The largest absolute Gasteiger partial charge is 0.497 e. The van der Waals surface area contributed by atoms with Crippen LogP contribution in [0.2, 0.25) is 0 Å². The summed E-state index contributed by atoms with van der Waals surface area (Å²) >= 11 is 0. The normalized spacial score (nSPS) is 10.9. The molecule has 0 saturated carbocycles. The predicted molar refractivity (Wildman–Crippen MR) is 83.4 cm³/mol. The van der Waals surface area contributed by atoms with Crippen LogP contribution in [-0.4, -0.2) is 34.2 Å². The SMILES string of the molecule is COc1ccc(Cn2nc3c(OC)nnc(C)c3c2C)cc1. The van der Waals surface area contributed by atoms with Gasteiger partial charge in [0.1, 0.15) is 5.75 Å². The van der Waals surface area contributed by atoms with Crippen molar-refractivity contribution in [3.63, 3.8) is 0 Å². The maximum atomic E-state index is 5.27. The van der Waals surface area contributed by atoms with Crippen molar-refractivity contribution in [2.75, 3.05) is 14.2 Å². The van der Waals surface area contributed by atoms with Gasteiger partial charge in [0, 0.05) is 5.69 Å². The molecule has 3 rings (SSSR count). The third-order valence-electron chi connectivity index (χ3n) is 3.75. The lowest BCUT2D eigenvalue weighted by Gasteiger charge is -2.06. The van der Waals surface area contributed by atoms with Crippen molar-refractivity contribution < 1.29 is 9.47 Å². The van der Waals surface area contributed by atoms with Crippen LogP contribution in [0.4, 0.5) is 0 Å². The fourth-order valence-corrected chi connectivity index (χ4v) is 2.54. The van der Waals surface area contributed by atoms with E-state index in [0.29, 0.717) is 12.4 Å². The first kappa shape index (κ1) is 14.3. The van der Waals surface area contributed by atoms with E-state index in [9.17, 15) is 0 Å². The third kappa shape index (κ3) is 2.36. The molecule has 0 fully saturated rings. The van der Waals surface area contributed by atoms with Crippen molar-refractivity contribution in [3.8, 4) is 11.6 Å². The molecular formula is C16H18N4O2. The Kier molecular flexibility index (Phi) is 3.66. The molecule has 0 aliphatic heterocycles. The molecule has 3 aromatic rings. The Labute approximate surface area is 128 Å². The molecule has 0 atom stereocenters. The lowest BCUT2D eigenvalue weighted by Crippen LogP contribution is -2.03. The molecule has 6 nitrogen and oxygen atoms in total. The Hall–Kier alpha value is -2.63. The first-order valence-electron chi connectivity index (χ1n) is 7.01. The number of aromatic nitrogens is 4. The van der Waals surface area contributed by atoms with Crippen LogP contribution in [-0.2, 0) is 6.54 Å². The van der Waals surface area contributed by atoms with Gasteiger partial charge in [-0.3, -0.25) is 4.68 Å². The number of hydrogen-bond acceptors (Lipinski definition) is 5. The van der Waals surface area contributed by atoms with Crippen molar-refractivity contribution in [2.24, 2.45) is 0 Å². The van der Waals surface area contributed by atoms with E-state index in [0.717, 1.165) is 33.6 Å². The smallest absolute Gasteiger partial charge is 0.261 e. The van der Waals surface area contributed by atoms with E-state index >= 15 is 0 Å². The van der Waals surface area contributed by atoms with E-state index in [2.05, 4.69) is 15.3 Å². The Bertz CT molecular complexity index is 809. The maximum absolute atomic E-state index is 5.27. The molecule has 0 amide bonds. The number of aryl methyl sites for hydroxylation is 2. The van der Waals surface area contributed by atoms with E-state index in [-0.39, 0.29) is 0 Å². The Morgan fingerprint density at radius 2 is 1.73 bits per heavy atom. The molecule has 0 bridgehead atoms. The van der Waals surface area contributed by atoms with Crippen molar-refractivity contribution >= 4 is 10.9 Å². The average Bonchev–Trinajstić information content (AvgIpc) is 2.86. The maximum Gasteiger partial charge on any atom is 0.261 e. The molecule has 2 aromatic heterocycles. The number of methoxy groups -OCH3 is 2. The van der Waals surface area contributed by atoms with Gasteiger partial charge in [-0.05, 0) is 31.5 Å². The van der Waals surface area contributed by atoms with Gasteiger partial charge in [-0.15, -0.1) is 5.10 Å². The van der Waals surface area contributed by atoms with Crippen LogP contribution in [0.25, 0.3) is 10.9 Å². The summed E-state index contributed by atoms with van der Waals surface area (Å²) in [7, 11) is 3.24. The minimum absolute atomic E-state index is 0.456. The minimum Gasteiger partial charge on any atom is -0.497 e. The summed E-state index contributed by atoms with van der Waals surface area (Å²) in [6.07, 6.45) is 0. The lowest BCUT2D eigenvalue weighted by molar-refractivity contribution is 0.396. The first-order chi connectivity index (χ1) is 10.6. The van der Waals surface area contributed by atoms with Gasteiger partial charge in [-0.1, -0.05) is 12.1 Å². The first-order valence-corrected chi connectivity index (χ1v) is 7.01. The highest BCUT2D eigenvalue weighted by molar-refractivity contribution is 5.87. The lowest BCUT2D eigenvalue weighted by atomic mass is 10.2. The summed E-state index contributed by atoms with van der Waals surface area (Å²) in [4.78, 5) is 0. The Balaban J connectivity index is 2.03. The van der Waals surface area contributed by atoms with Crippen LogP contribution in [0.1, 0.15) is 17.0 Å². The highest BCUT2D eigenvalue weighted by Crippen LogP contribution is 2.26. The van der Waals surface area contributed by atoms with Gasteiger partial charge in [0.05, 0.1) is 31.8 Å². The summed E-state index contributed by atoms with van der Waals surface area (Å²) in [5.41, 5.74) is 3.81. The van der Waals surface area contributed by atoms with Crippen LogP contribution in [0, 0.1) is 13.8 Å². The molecule has 0 unspecified atom stereocenters. The summed E-state index contributed by atoms with van der Waals surface area (Å²) in [5.74, 6) is 1.30. The molecule has 0 N–H and O–H groups in total. The molecule has 114 valence electrons. The molecule has 0 radical (unpaired) electrons. The van der Waals surface area contributed by atoms with Crippen molar-refractivity contribution in [3.05, 3.63) is 41.2 Å². The summed E-state index contributed by atoms with van der Waals surface area (Å²) in [6.45, 7) is 4.64. The van der Waals surface area contributed by atoms with Crippen LogP contribution >= 0.6 is 0 Å². The van der Waals surface area contributed by atoms with Gasteiger partial charge in [0.15, 0.2) is 5.52 Å². The van der Waals surface area contributed by atoms with E-state index in [4.69, 9.17) is 9.47 Å². The molecule has 0 aliphatic carbocycles. The topological polar surface area (TPSA) is 62.1 Å². The second-order valence-electron chi connectivity index (χ2n) is 5.11. The van der Waals surface area contributed by atoms with Crippen molar-refractivity contribution in [1.82, 2.24) is 20.0 Å². The quantitative estimate of drug-likeness (QED) is 0.740. The summed E-state index contributed by atoms with van der Waals surface area (Å²) < 4.78 is 12.4. The monoisotopic (exact) mass is 298 g/mol. The van der Waals surface area contributed by atoms with Gasteiger partial charge in [-0.2, -0.15) is 10.2 Å². The highest BCUT2D eigenvalue weighted by Gasteiger charge is 2.16. The van der Waals surface area contributed by atoms with E-state index in [1.54, 1.807) is 14.2 Å². The Morgan fingerprint density at radius 1 is 1.00 bits per heavy atom. The Morgan fingerprint density at radius 3 is 2.36 bits per heavy atom. The van der Waals surface area contributed by atoms with Crippen LogP contribution in [0.5, 0.6) is 11.6 Å². The fraction of sp³-hybridized carbons (Fsp3) is 0.312.